The third kappa shape index (κ3) is 13.8. The smallest absolute Gasteiger partial charge is 0.342 e. The fraction of sp³-hybridized carbons (Fsp3) is 0.656. The molecule has 1 aliphatic rings. The van der Waals surface area contributed by atoms with Gasteiger partial charge in [-0.1, -0.05) is 30.7 Å². The summed E-state index contributed by atoms with van der Waals surface area (Å²) in [4.78, 5) is 33.3. The van der Waals surface area contributed by atoms with Crippen LogP contribution >= 0.6 is 0 Å². The molecule has 1 fully saturated rings. The maximum absolute atomic E-state index is 13.6. The van der Waals surface area contributed by atoms with Gasteiger partial charge in [-0.25, -0.2) is 4.79 Å². The maximum Gasteiger partial charge on any atom is 0.342 e. The lowest BCUT2D eigenvalue weighted by molar-refractivity contribution is -0.137. The molecular weight excluding hydrogens is 554 g/mol. The van der Waals surface area contributed by atoms with Crippen molar-refractivity contribution in [2.75, 3.05) is 46.5 Å². The molecule has 43 heavy (non-hydrogen) atoms. The first-order chi connectivity index (χ1) is 20.8. The molecule has 2 N–H and O–H groups in total. The Kier molecular flexibility index (Phi) is 17.4. The SMILES string of the molecule is CCCC(N)C=CCC(C)OC(=O)c1c(CC(C)=NOCC(=O)N2CCCCC2)cc(OCOCC)cc1OCOCC. The molecule has 1 saturated heterocycles. The summed E-state index contributed by atoms with van der Waals surface area (Å²) in [6.45, 7) is 11.6. The fourth-order valence-electron chi connectivity index (χ4n) is 4.50. The average molecular weight is 606 g/mol. The van der Waals surface area contributed by atoms with E-state index < -0.39 is 12.1 Å². The number of carbonyl (C=O) groups is 2. The summed E-state index contributed by atoms with van der Waals surface area (Å²) in [7, 11) is 0. The molecule has 1 aromatic rings. The second kappa shape index (κ2) is 20.7. The number of amides is 1. The Balaban J connectivity index is 2.27. The second-order valence-corrected chi connectivity index (χ2v) is 10.5. The van der Waals surface area contributed by atoms with Gasteiger partial charge < -0.3 is 39.2 Å². The predicted octanol–water partition coefficient (Wildman–Crippen LogP) is 5.00. The number of oxime groups is 1. The van der Waals surface area contributed by atoms with Gasteiger partial charge in [0.15, 0.2) is 20.2 Å². The standard InChI is InChI=1S/C32H51N3O8/c1-6-13-27(33)15-12-14-25(5)43-32(37)31-26(18-24(4)34-42-21-30(36)35-16-10-9-11-17-35)19-28(40-22-38-7-2)20-29(31)41-23-39-8-3/h12,15,19-20,25,27H,6-11,13-14,16-18,21-23,33H2,1-5H3. The van der Waals surface area contributed by atoms with E-state index in [4.69, 9.17) is 34.3 Å². The van der Waals surface area contributed by atoms with E-state index in [9.17, 15) is 9.59 Å². The molecule has 0 aromatic heterocycles. The van der Waals surface area contributed by atoms with Crippen molar-refractivity contribution in [3.8, 4) is 11.5 Å². The summed E-state index contributed by atoms with van der Waals surface area (Å²) >= 11 is 0. The highest BCUT2D eigenvalue weighted by molar-refractivity contribution is 5.97. The van der Waals surface area contributed by atoms with Gasteiger partial charge in [-0.15, -0.1) is 0 Å². The van der Waals surface area contributed by atoms with Gasteiger partial charge in [-0.3, -0.25) is 4.79 Å². The van der Waals surface area contributed by atoms with E-state index >= 15 is 0 Å². The number of piperidine rings is 1. The molecule has 0 saturated carbocycles. The molecule has 242 valence electrons. The Hall–Kier alpha value is -3.15. The maximum atomic E-state index is 13.6. The van der Waals surface area contributed by atoms with E-state index in [0.717, 1.165) is 45.2 Å². The first-order valence-corrected chi connectivity index (χ1v) is 15.4. The third-order valence-electron chi connectivity index (χ3n) is 6.72. The van der Waals surface area contributed by atoms with Crippen LogP contribution in [0.4, 0.5) is 0 Å². The van der Waals surface area contributed by atoms with Gasteiger partial charge in [0.2, 0.25) is 0 Å². The predicted molar refractivity (Wildman–Crippen MR) is 165 cm³/mol. The molecule has 1 aliphatic heterocycles. The lowest BCUT2D eigenvalue weighted by Gasteiger charge is -2.26. The topological polar surface area (TPSA) is 131 Å². The molecule has 0 aliphatic carbocycles. The molecule has 11 heteroatoms. The van der Waals surface area contributed by atoms with Crippen LogP contribution in [0.5, 0.6) is 11.5 Å². The van der Waals surface area contributed by atoms with Gasteiger partial charge in [0.25, 0.3) is 5.91 Å². The Labute approximate surface area is 256 Å². The van der Waals surface area contributed by atoms with E-state index in [2.05, 4.69) is 12.1 Å². The van der Waals surface area contributed by atoms with Crippen molar-refractivity contribution in [3.05, 3.63) is 35.4 Å². The highest BCUT2D eigenvalue weighted by Gasteiger charge is 2.24. The molecular formula is C32H51N3O8. The number of rotatable bonds is 20. The van der Waals surface area contributed by atoms with Gasteiger partial charge in [-0.05, 0) is 65.0 Å². The highest BCUT2D eigenvalue weighted by atomic mass is 16.7. The molecule has 0 bridgehead atoms. The zero-order chi connectivity index (χ0) is 31.5. The van der Waals surface area contributed by atoms with Crippen LogP contribution in [0.1, 0.15) is 89.1 Å². The number of hydrogen-bond donors (Lipinski definition) is 1. The summed E-state index contributed by atoms with van der Waals surface area (Å²) in [6, 6.07) is 3.32. The van der Waals surface area contributed by atoms with E-state index in [1.54, 1.807) is 24.0 Å². The van der Waals surface area contributed by atoms with E-state index in [1.165, 1.54) is 0 Å². The average Bonchev–Trinajstić information content (AvgIpc) is 2.98. The third-order valence-corrected chi connectivity index (χ3v) is 6.72. The highest BCUT2D eigenvalue weighted by Crippen LogP contribution is 2.31. The number of likely N-dealkylation sites (tertiary alicyclic amines) is 1. The van der Waals surface area contributed by atoms with Crippen molar-refractivity contribution in [1.82, 2.24) is 4.90 Å². The van der Waals surface area contributed by atoms with Gasteiger partial charge >= 0.3 is 5.97 Å². The Morgan fingerprint density at radius 3 is 2.42 bits per heavy atom. The van der Waals surface area contributed by atoms with Crippen LogP contribution < -0.4 is 15.2 Å². The van der Waals surface area contributed by atoms with Crippen molar-refractivity contribution in [1.29, 1.82) is 0 Å². The number of ether oxygens (including phenoxy) is 5. The van der Waals surface area contributed by atoms with E-state index in [1.807, 2.05) is 32.9 Å². The molecule has 1 amide bonds. The minimum atomic E-state index is -0.550. The van der Waals surface area contributed by atoms with Crippen molar-refractivity contribution in [2.24, 2.45) is 10.9 Å². The summed E-state index contributed by atoms with van der Waals surface area (Å²) in [5.41, 5.74) is 7.42. The summed E-state index contributed by atoms with van der Waals surface area (Å²) in [5.74, 6) is 0.0632. The molecule has 1 heterocycles. The Morgan fingerprint density at radius 1 is 1.05 bits per heavy atom. The molecule has 2 atom stereocenters. The van der Waals surface area contributed by atoms with Crippen LogP contribution in [-0.2, 0) is 30.3 Å². The fourth-order valence-corrected chi connectivity index (χ4v) is 4.50. The molecule has 2 rings (SSSR count). The molecule has 0 spiro atoms. The Bertz CT molecular complexity index is 1040. The summed E-state index contributed by atoms with van der Waals surface area (Å²) in [5, 5.41) is 4.16. The lowest BCUT2D eigenvalue weighted by Crippen LogP contribution is -2.37. The molecule has 1 aromatic carbocycles. The molecule has 11 nitrogen and oxygen atoms in total. The van der Waals surface area contributed by atoms with E-state index in [0.29, 0.717) is 36.7 Å². The van der Waals surface area contributed by atoms with Gasteiger partial charge in [0, 0.05) is 51.3 Å². The first-order valence-electron chi connectivity index (χ1n) is 15.4. The zero-order valence-electron chi connectivity index (χ0n) is 26.6. The zero-order valence-corrected chi connectivity index (χ0v) is 26.6. The van der Waals surface area contributed by atoms with Crippen LogP contribution in [0.25, 0.3) is 0 Å². The molecule has 2 unspecified atom stereocenters. The summed E-state index contributed by atoms with van der Waals surface area (Å²) in [6.07, 6.45) is 9.25. The van der Waals surface area contributed by atoms with Crippen LogP contribution in [0.2, 0.25) is 0 Å². The van der Waals surface area contributed by atoms with Crippen molar-refractivity contribution in [2.45, 2.75) is 91.7 Å². The van der Waals surface area contributed by atoms with E-state index in [-0.39, 0.29) is 49.9 Å². The number of hydrogen-bond acceptors (Lipinski definition) is 10. The van der Waals surface area contributed by atoms with Crippen LogP contribution in [0.3, 0.4) is 0 Å². The lowest BCUT2D eigenvalue weighted by atomic mass is 10.0. The minimum Gasteiger partial charge on any atom is -0.467 e. The minimum absolute atomic E-state index is 0.0260. The van der Waals surface area contributed by atoms with Crippen LogP contribution in [-0.4, -0.2) is 81.1 Å². The number of nitrogens with zero attached hydrogens (tertiary/aromatic N) is 2. The van der Waals surface area contributed by atoms with Crippen molar-refractivity contribution < 1.29 is 38.1 Å². The number of nitrogens with two attached hydrogens (primary N) is 1. The quantitative estimate of drug-likeness (QED) is 0.0545. The number of carbonyl (C=O) groups excluding carboxylic acids is 2. The van der Waals surface area contributed by atoms with Gasteiger partial charge in [0.1, 0.15) is 23.2 Å². The van der Waals surface area contributed by atoms with Crippen molar-refractivity contribution >= 4 is 17.6 Å². The Morgan fingerprint density at radius 2 is 1.74 bits per heavy atom. The first kappa shape index (κ1) is 36.0. The normalized spacial score (nSPS) is 15.3. The monoisotopic (exact) mass is 605 g/mol. The van der Waals surface area contributed by atoms with Gasteiger partial charge in [-0.2, -0.15) is 0 Å². The van der Waals surface area contributed by atoms with Crippen molar-refractivity contribution in [3.63, 3.8) is 0 Å². The second-order valence-electron chi connectivity index (χ2n) is 10.5. The summed E-state index contributed by atoms with van der Waals surface area (Å²) < 4.78 is 28.2. The number of esters is 1. The number of benzene rings is 1. The van der Waals surface area contributed by atoms with Gasteiger partial charge in [0.05, 0.1) is 5.71 Å². The van der Waals surface area contributed by atoms with Crippen LogP contribution in [0, 0.1) is 0 Å². The van der Waals surface area contributed by atoms with Crippen LogP contribution in [0.15, 0.2) is 29.4 Å². The largest absolute Gasteiger partial charge is 0.467 e. The molecule has 0 radical (unpaired) electrons.